The van der Waals surface area contributed by atoms with Crippen LogP contribution in [-0.4, -0.2) is 23.5 Å². The summed E-state index contributed by atoms with van der Waals surface area (Å²) in [5.74, 6) is 0.880. The molecule has 0 radical (unpaired) electrons. The van der Waals surface area contributed by atoms with Crippen molar-refractivity contribution in [2.45, 2.75) is 51.0 Å². The van der Waals surface area contributed by atoms with Crippen LogP contribution < -0.4 is 0 Å². The van der Waals surface area contributed by atoms with Crippen molar-refractivity contribution >= 4 is 9.28 Å². The molecule has 0 heterocycles. The van der Waals surface area contributed by atoms with E-state index in [0.29, 0.717) is 0 Å². The number of hydrogen-bond donors (Lipinski definition) is 0. The van der Waals surface area contributed by atoms with Crippen LogP contribution in [-0.2, 0) is 8.85 Å². The van der Waals surface area contributed by atoms with Crippen molar-refractivity contribution in [1.29, 1.82) is 0 Å². The maximum absolute atomic E-state index is 5.52. The molecule has 0 aromatic heterocycles. The quantitative estimate of drug-likeness (QED) is 0.658. The van der Waals surface area contributed by atoms with E-state index in [1.807, 2.05) is 14.2 Å². The first-order valence-electron chi connectivity index (χ1n) is 5.89. The molecule has 3 heteroatoms. The lowest BCUT2D eigenvalue weighted by molar-refractivity contribution is 0.228. The highest BCUT2D eigenvalue weighted by atomic mass is 28.3. The van der Waals surface area contributed by atoms with Gasteiger partial charge in [0.15, 0.2) is 0 Å². The summed E-state index contributed by atoms with van der Waals surface area (Å²) >= 11 is 0. The monoisotopic (exact) mass is 216 g/mol. The van der Waals surface area contributed by atoms with Gasteiger partial charge < -0.3 is 8.85 Å². The Morgan fingerprint density at radius 2 is 1.71 bits per heavy atom. The predicted octanol–water partition coefficient (Wildman–Crippen LogP) is 2.86. The second kappa shape index (κ2) is 6.59. The molecule has 0 amide bonds. The van der Waals surface area contributed by atoms with Gasteiger partial charge in [0.25, 0.3) is 0 Å². The molecule has 0 aliphatic heterocycles. The van der Waals surface area contributed by atoms with Gasteiger partial charge in [-0.3, -0.25) is 0 Å². The van der Waals surface area contributed by atoms with Crippen molar-refractivity contribution in [3.63, 3.8) is 0 Å². The number of hydrogen-bond acceptors (Lipinski definition) is 2. The molecule has 0 bridgehead atoms. The average Bonchev–Trinajstić information content (AvgIpc) is 2.27. The molecule has 0 aromatic rings. The summed E-state index contributed by atoms with van der Waals surface area (Å²) in [4.78, 5) is 0. The van der Waals surface area contributed by atoms with E-state index in [1.54, 1.807) is 0 Å². The Bertz CT molecular complexity index is 142. The van der Waals surface area contributed by atoms with E-state index < -0.39 is 9.28 Å². The molecule has 0 N–H and O–H groups in total. The van der Waals surface area contributed by atoms with Gasteiger partial charge in [0.1, 0.15) is 0 Å². The van der Waals surface area contributed by atoms with Crippen LogP contribution in [0.25, 0.3) is 0 Å². The summed E-state index contributed by atoms with van der Waals surface area (Å²) in [5, 5.41) is 0. The van der Waals surface area contributed by atoms with E-state index in [9.17, 15) is 0 Å². The van der Waals surface area contributed by atoms with Crippen molar-refractivity contribution in [3.05, 3.63) is 0 Å². The maximum Gasteiger partial charge on any atom is 0.324 e. The van der Waals surface area contributed by atoms with Gasteiger partial charge in [-0.15, -0.1) is 0 Å². The van der Waals surface area contributed by atoms with Crippen LogP contribution in [0.2, 0.25) is 5.54 Å². The van der Waals surface area contributed by atoms with Gasteiger partial charge >= 0.3 is 9.28 Å². The maximum atomic E-state index is 5.52. The fourth-order valence-electron chi connectivity index (χ4n) is 2.76. The third-order valence-corrected chi connectivity index (χ3v) is 6.19. The Morgan fingerprint density at radius 3 is 2.14 bits per heavy atom. The van der Waals surface area contributed by atoms with Gasteiger partial charge in [-0.25, -0.2) is 0 Å². The Balaban J connectivity index is 2.49. The highest BCUT2D eigenvalue weighted by Gasteiger charge is 2.31. The van der Waals surface area contributed by atoms with E-state index in [0.717, 1.165) is 11.5 Å². The first-order chi connectivity index (χ1) is 6.83. The van der Waals surface area contributed by atoms with Gasteiger partial charge in [0.2, 0.25) is 0 Å². The Hall–Kier alpha value is 0.137. The minimum atomic E-state index is -1.38. The molecule has 0 saturated heterocycles. The van der Waals surface area contributed by atoms with Gasteiger partial charge in [0.05, 0.1) is 0 Å². The molecule has 1 rings (SSSR count). The Labute approximate surface area is 89.8 Å². The lowest BCUT2D eigenvalue weighted by Crippen LogP contribution is -2.32. The summed E-state index contributed by atoms with van der Waals surface area (Å²) < 4.78 is 11.0. The second-order valence-corrected chi connectivity index (χ2v) is 6.85. The third kappa shape index (κ3) is 3.07. The molecule has 1 unspecified atom stereocenters. The molecule has 1 aliphatic carbocycles. The zero-order valence-corrected chi connectivity index (χ0v) is 10.9. The van der Waals surface area contributed by atoms with Gasteiger partial charge in [-0.2, -0.15) is 0 Å². The zero-order chi connectivity index (χ0) is 10.4. The van der Waals surface area contributed by atoms with Crippen LogP contribution in [0.5, 0.6) is 0 Å². The van der Waals surface area contributed by atoms with Crippen molar-refractivity contribution in [3.8, 4) is 0 Å². The summed E-state index contributed by atoms with van der Waals surface area (Å²) in [5.41, 5.74) is 0.727. The molecular formula is C11H24O2Si. The van der Waals surface area contributed by atoms with Crippen molar-refractivity contribution < 1.29 is 8.85 Å². The average molecular weight is 216 g/mol. The molecule has 2 nitrogen and oxygen atoms in total. The highest BCUT2D eigenvalue weighted by Crippen LogP contribution is 2.37. The molecule has 14 heavy (non-hydrogen) atoms. The third-order valence-electron chi connectivity index (χ3n) is 3.54. The van der Waals surface area contributed by atoms with Gasteiger partial charge in [-0.05, 0) is 5.92 Å². The van der Waals surface area contributed by atoms with E-state index >= 15 is 0 Å². The highest BCUT2D eigenvalue weighted by molar-refractivity contribution is 6.46. The lowest BCUT2D eigenvalue weighted by atomic mass is 9.86. The second-order valence-electron chi connectivity index (χ2n) is 4.31. The smallest absolute Gasteiger partial charge is 0.324 e. The van der Waals surface area contributed by atoms with Crippen LogP contribution in [0.3, 0.4) is 0 Å². The Kier molecular flexibility index (Phi) is 5.75. The van der Waals surface area contributed by atoms with E-state index in [1.165, 1.54) is 38.5 Å². The minimum Gasteiger partial charge on any atom is -0.400 e. The van der Waals surface area contributed by atoms with Crippen LogP contribution in [0, 0.1) is 5.92 Å². The first kappa shape index (κ1) is 12.2. The van der Waals surface area contributed by atoms with Gasteiger partial charge in [0, 0.05) is 19.8 Å². The fourth-order valence-corrected chi connectivity index (χ4v) is 4.86. The molecule has 1 saturated carbocycles. The molecular weight excluding hydrogens is 192 g/mol. The van der Waals surface area contributed by atoms with E-state index in [2.05, 4.69) is 6.92 Å². The largest absolute Gasteiger partial charge is 0.400 e. The normalized spacial score (nSPS) is 21.4. The fraction of sp³-hybridized carbons (Fsp3) is 1.00. The van der Waals surface area contributed by atoms with Crippen molar-refractivity contribution in [2.24, 2.45) is 5.92 Å². The van der Waals surface area contributed by atoms with Crippen molar-refractivity contribution in [1.82, 2.24) is 0 Å². The van der Waals surface area contributed by atoms with Crippen LogP contribution in [0.1, 0.15) is 45.4 Å². The first-order valence-corrected chi connectivity index (χ1v) is 7.50. The summed E-state index contributed by atoms with van der Waals surface area (Å²) in [6.07, 6.45) is 8.28. The van der Waals surface area contributed by atoms with Crippen LogP contribution in [0.15, 0.2) is 0 Å². The van der Waals surface area contributed by atoms with Gasteiger partial charge in [-0.1, -0.05) is 45.4 Å². The molecule has 0 aromatic carbocycles. The van der Waals surface area contributed by atoms with Crippen molar-refractivity contribution in [2.75, 3.05) is 14.2 Å². The molecule has 1 atom stereocenters. The topological polar surface area (TPSA) is 18.5 Å². The molecule has 0 spiro atoms. The Morgan fingerprint density at radius 1 is 1.14 bits per heavy atom. The standard InChI is InChI=1S/C11H24O2Si/c1-4-11(14(12-2)13-3)10-8-6-5-7-9-10/h10-11,14H,4-9H2,1-3H3. The summed E-state index contributed by atoms with van der Waals surface area (Å²) in [6, 6.07) is 0. The minimum absolute atomic E-state index is 0.727. The summed E-state index contributed by atoms with van der Waals surface area (Å²) in [7, 11) is 2.24. The van der Waals surface area contributed by atoms with E-state index in [-0.39, 0.29) is 0 Å². The predicted molar refractivity (Wildman–Crippen MR) is 61.8 cm³/mol. The van der Waals surface area contributed by atoms with Crippen LogP contribution >= 0.6 is 0 Å². The van der Waals surface area contributed by atoms with Crippen LogP contribution in [0.4, 0.5) is 0 Å². The lowest BCUT2D eigenvalue weighted by Gasteiger charge is -2.32. The zero-order valence-electron chi connectivity index (χ0n) is 9.79. The summed E-state index contributed by atoms with van der Waals surface area (Å²) in [6.45, 7) is 2.28. The number of rotatable bonds is 5. The molecule has 1 fully saturated rings. The van der Waals surface area contributed by atoms with E-state index in [4.69, 9.17) is 8.85 Å². The molecule has 84 valence electrons. The molecule has 1 aliphatic rings. The SMILES string of the molecule is CCC(C1CCCCC1)[SiH](OC)OC.